The van der Waals surface area contributed by atoms with Crippen LogP contribution in [0.4, 0.5) is 0 Å². The number of carbonyl (C=O) groups is 4. The second-order valence-corrected chi connectivity index (χ2v) is 8.59. The predicted octanol–water partition coefficient (Wildman–Crippen LogP) is 1.45. The SMILES string of the molecule is C#C[C@@]1(C)[C@@H](COC(Cc2cncs2)(C(C)=O)C(=O)OCC)OC(OC(C)=O)[C@@H]1OC(C)=O. The summed E-state index contributed by atoms with van der Waals surface area (Å²) in [5, 5.41) is 0. The second kappa shape index (κ2) is 10.9. The molecule has 1 fully saturated rings. The summed E-state index contributed by atoms with van der Waals surface area (Å²) in [6, 6.07) is 0. The maximum atomic E-state index is 12.9. The molecule has 1 aromatic heterocycles. The molecule has 0 N–H and O–H groups in total. The van der Waals surface area contributed by atoms with Crippen molar-refractivity contribution < 1.29 is 42.9 Å². The standard InChI is InChI=1S/C22H27NO9S/c1-7-21(6)17(32-19(31-15(5)26)18(21)30-14(4)25)11-29-22(13(3)24,20(27)28-8-2)9-16-10-23-12-33-16/h1,10,12,17-19H,8-9,11H2,2-6H3/t17-,18+,19?,21+,22?/m1/s1. The van der Waals surface area contributed by atoms with Gasteiger partial charge >= 0.3 is 17.9 Å². The lowest BCUT2D eigenvalue weighted by Crippen LogP contribution is -2.53. The molecule has 0 aliphatic carbocycles. The number of aromatic nitrogens is 1. The van der Waals surface area contributed by atoms with Gasteiger partial charge in [-0.25, -0.2) is 4.79 Å². The quantitative estimate of drug-likeness (QED) is 0.210. The van der Waals surface area contributed by atoms with Crippen molar-refractivity contribution in [1.82, 2.24) is 4.98 Å². The summed E-state index contributed by atoms with van der Waals surface area (Å²) >= 11 is 1.25. The van der Waals surface area contributed by atoms with Gasteiger partial charge in [0.05, 0.1) is 24.1 Å². The zero-order valence-corrected chi connectivity index (χ0v) is 19.9. The molecule has 2 heterocycles. The molecule has 1 saturated heterocycles. The molecule has 0 aromatic carbocycles. The predicted molar refractivity (Wildman–Crippen MR) is 115 cm³/mol. The van der Waals surface area contributed by atoms with Crippen LogP contribution in [-0.4, -0.2) is 66.0 Å². The van der Waals surface area contributed by atoms with Gasteiger partial charge in [-0.05, 0) is 20.8 Å². The van der Waals surface area contributed by atoms with E-state index in [9.17, 15) is 19.2 Å². The summed E-state index contributed by atoms with van der Waals surface area (Å²) in [6.45, 7) is 6.43. The van der Waals surface area contributed by atoms with E-state index in [1.54, 1.807) is 19.4 Å². The third kappa shape index (κ3) is 5.76. The first-order valence-corrected chi connectivity index (χ1v) is 11.0. The molecule has 180 valence electrons. The van der Waals surface area contributed by atoms with Gasteiger partial charge in [-0.15, -0.1) is 17.8 Å². The molecular formula is C22H27NO9S. The van der Waals surface area contributed by atoms with Gasteiger partial charge in [0, 0.05) is 31.3 Å². The topological polar surface area (TPSA) is 127 Å². The minimum atomic E-state index is -1.97. The first-order chi connectivity index (χ1) is 15.5. The zero-order valence-electron chi connectivity index (χ0n) is 19.1. The Morgan fingerprint density at radius 2 is 1.91 bits per heavy atom. The number of ketones is 1. The van der Waals surface area contributed by atoms with Crippen LogP contribution in [-0.2, 0) is 49.3 Å². The molecule has 1 aliphatic heterocycles. The van der Waals surface area contributed by atoms with Crippen LogP contribution in [0, 0.1) is 17.8 Å². The molecular weight excluding hydrogens is 454 g/mol. The van der Waals surface area contributed by atoms with Crippen molar-refractivity contribution in [1.29, 1.82) is 0 Å². The smallest absolute Gasteiger partial charge is 0.346 e. The monoisotopic (exact) mass is 481 g/mol. The van der Waals surface area contributed by atoms with Crippen LogP contribution in [0.25, 0.3) is 0 Å². The molecule has 11 heteroatoms. The van der Waals surface area contributed by atoms with Crippen molar-refractivity contribution >= 4 is 35.0 Å². The summed E-state index contributed by atoms with van der Waals surface area (Å²) < 4.78 is 27.3. The Morgan fingerprint density at radius 3 is 2.39 bits per heavy atom. The maximum absolute atomic E-state index is 12.9. The first kappa shape index (κ1) is 26.4. The Kier molecular flexibility index (Phi) is 8.71. The van der Waals surface area contributed by atoms with Crippen molar-refractivity contribution in [3.8, 4) is 12.3 Å². The van der Waals surface area contributed by atoms with E-state index in [1.165, 1.54) is 38.3 Å². The van der Waals surface area contributed by atoms with E-state index in [4.69, 9.17) is 30.1 Å². The molecule has 2 rings (SSSR count). The van der Waals surface area contributed by atoms with Crippen molar-refractivity contribution in [3.63, 3.8) is 0 Å². The molecule has 5 atom stereocenters. The molecule has 0 bridgehead atoms. The maximum Gasteiger partial charge on any atom is 0.346 e. The van der Waals surface area contributed by atoms with Crippen LogP contribution in [0.2, 0.25) is 0 Å². The van der Waals surface area contributed by atoms with Gasteiger partial charge in [0.25, 0.3) is 0 Å². The Labute approximate surface area is 195 Å². The summed E-state index contributed by atoms with van der Waals surface area (Å²) in [4.78, 5) is 53.4. The van der Waals surface area contributed by atoms with Crippen LogP contribution in [0.5, 0.6) is 0 Å². The van der Waals surface area contributed by atoms with Gasteiger partial charge in [0.2, 0.25) is 11.9 Å². The van der Waals surface area contributed by atoms with E-state index in [1.807, 2.05) is 0 Å². The molecule has 0 amide bonds. The lowest BCUT2D eigenvalue weighted by Gasteiger charge is -2.33. The Balaban J connectivity index is 2.38. The molecule has 1 aromatic rings. The van der Waals surface area contributed by atoms with Crippen molar-refractivity contribution in [3.05, 3.63) is 16.6 Å². The number of hydrogen-bond donors (Lipinski definition) is 0. The third-order valence-corrected chi connectivity index (χ3v) is 6.03. The number of Topliss-reactive ketones (excluding diaryl/α,β-unsaturated/α-hetero) is 1. The molecule has 0 saturated carbocycles. The Bertz CT molecular complexity index is 925. The minimum Gasteiger partial charge on any atom is -0.463 e. The van der Waals surface area contributed by atoms with Crippen molar-refractivity contribution in [2.45, 2.75) is 65.1 Å². The summed E-state index contributed by atoms with van der Waals surface area (Å²) in [7, 11) is 0. The van der Waals surface area contributed by atoms with E-state index >= 15 is 0 Å². The molecule has 10 nitrogen and oxygen atoms in total. The van der Waals surface area contributed by atoms with Crippen molar-refractivity contribution in [2.24, 2.45) is 5.41 Å². The van der Waals surface area contributed by atoms with Gasteiger partial charge in [-0.3, -0.25) is 19.4 Å². The second-order valence-electron chi connectivity index (χ2n) is 7.62. The number of nitrogens with zero attached hydrogens (tertiary/aromatic N) is 1. The highest BCUT2D eigenvalue weighted by atomic mass is 32.1. The van der Waals surface area contributed by atoms with E-state index in [0.717, 1.165) is 0 Å². The van der Waals surface area contributed by atoms with E-state index in [2.05, 4.69) is 10.9 Å². The number of ether oxygens (including phenoxy) is 5. The van der Waals surface area contributed by atoms with E-state index in [0.29, 0.717) is 4.88 Å². The Hall–Kier alpha value is -2.81. The van der Waals surface area contributed by atoms with E-state index in [-0.39, 0.29) is 19.6 Å². The summed E-state index contributed by atoms with van der Waals surface area (Å²) in [5.41, 5.74) is -1.71. The van der Waals surface area contributed by atoms with Crippen LogP contribution in [0.3, 0.4) is 0 Å². The fourth-order valence-electron chi connectivity index (χ4n) is 3.43. The highest BCUT2D eigenvalue weighted by Gasteiger charge is 2.58. The lowest BCUT2D eigenvalue weighted by atomic mass is 9.81. The normalized spacial score (nSPS) is 26.0. The molecule has 0 radical (unpaired) electrons. The minimum absolute atomic E-state index is 0.0327. The summed E-state index contributed by atoms with van der Waals surface area (Å²) in [5.74, 6) is -0.238. The molecule has 1 aliphatic rings. The van der Waals surface area contributed by atoms with Gasteiger partial charge in [0.1, 0.15) is 6.10 Å². The first-order valence-electron chi connectivity index (χ1n) is 10.2. The largest absolute Gasteiger partial charge is 0.463 e. The molecule has 33 heavy (non-hydrogen) atoms. The zero-order chi connectivity index (χ0) is 24.8. The third-order valence-electron chi connectivity index (χ3n) is 5.25. The fraction of sp³-hybridized carbons (Fsp3) is 0.591. The summed E-state index contributed by atoms with van der Waals surface area (Å²) in [6.07, 6.45) is 3.75. The van der Waals surface area contributed by atoms with Crippen LogP contribution in [0.15, 0.2) is 11.7 Å². The molecule has 2 unspecified atom stereocenters. The number of carbonyl (C=O) groups excluding carboxylic acids is 4. The van der Waals surface area contributed by atoms with Crippen LogP contribution < -0.4 is 0 Å². The Morgan fingerprint density at radius 1 is 1.24 bits per heavy atom. The van der Waals surface area contributed by atoms with Gasteiger partial charge in [-0.1, -0.05) is 5.92 Å². The number of terminal acetylenes is 1. The van der Waals surface area contributed by atoms with Crippen LogP contribution in [0.1, 0.15) is 39.5 Å². The average molecular weight is 482 g/mol. The van der Waals surface area contributed by atoms with Gasteiger partial charge < -0.3 is 23.7 Å². The van der Waals surface area contributed by atoms with Gasteiger partial charge in [0.15, 0.2) is 11.9 Å². The number of thiazole rings is 1. The number of hydrogen-bond acceptors (Lipinski definition) is 11. The van der Waals surface area contributed by atoms with Gasteiger partial charge in [-0.2, -0.15) is 0 Å². The molecule has 0 spiro atoms. The van der Waals surface area contributed by atoms with Crippen LogP contribution >= 0.6 is 11.3 Å². The highest BCUT2D eigenvalue weighted by molar-refractivity contribution is 7.09. The van der Waals surface area contributed by atoms with E-state index < -0.39 is 53.2 Å². The highest BCUT2D eigenvalue weighted by Crippen LogP contribution is 2.42. The lowest BCUT2D eigenvalue weighted by molar-refractivity contribution is -0.201. The number of esters is 3. The number of rotatable bonds is 10. The average Bonchev–Trinajstić information content (AvgIpc) is 3.32. The fourth-order valence-corrected chi connectivity index (χ4v) is 4.10. The van der Waals surface area contributed by atoms with Crippen molar-refractivity contribution in [2.75, 3.05) is 13.2 Å².